The van der Waals surface area contributed by atoms with Crippen LogP contribution in [0.3, 0.4) is 0 Å². The Hall–Kier alpha value is -9.62. The lowest BCUT2D eigenvalue weighted by molar-refractivity contribution is -0.116. The molecule has 0 radical (unpaired) electrons. The normalized spacial score (nSPS) is 15.3. The summed E-state index contributed by atoms with van der Waals surface area (Å²) in [7, 11) is 3.31. The molecule has 2 aromatic heterocycles. The number of ether oxygens (including phenoxy) is 2. The second kappa shape index (κ2) is 23.4. The molecule has 81 heavy (non-hydrogen) atoms. The minimum absolute atomic E-state index is 0.155. The van der Waals surface area contributed by atoms with Crippen molar-refractivity contribution in [2.45, 2.75) is 43.1 Å². The van der Waals surface area contributed by atoms with Crippen LogP contribution in [0.2, 0.25) is 0 Å². The van der Waals surface area contributed by atoms with Crippen LogP contribution in [-0.4, -0.2) is 71.9 Å². The van der Waals surface area contributed by atoms with Crippen molar-refractivity contribution in [2.75, 3.05) is 27.3 Å². The van der Waals surface area contributed by atoms with Gasteiger partial charge in [-0.15, -0.1) is 0 Å². The van der Waals surface area contributed by atoms with E-state index in [2.05, 4.69) is 141 Å². The van der Waals surface area contributed by atoms with Gasteiger partial charge in [0.05, 0.1) is 53.0 Å². The first kappa shape index (κ1) is 52.1. The lowest BCUT2D eigenvalue weighted by Gasteiger charge is -2.40. The van der Waals surface area contributed by atoms with Crippen LogP contribution < -0.4 is 10.6 Å². The Labute approximate surface area is 471 Å². The summed E-state index contributed by atoms with van der Waals surface area (Å²) in [4.78, 5) is 54.6. The number of hydrogen-bond donors (Lipinski definition) is 2. The Morgan fingerprint density at radius 2 is 0.926 bits per heavy atom. The number of rotatable bonds is 16. The van der Waals surface area contributed by atoms with Gasteiger partial charge in [0, 0.05) is 87.2 Å². The van der Waals surface area contributed by atoms with Gasteiger partial charge in [-0.2, -0.15) is 0 Å². The first-order valence-electron chi connectivity index (χ1n) is 27.2. The van der Waals surface area contributed by atoms with E-state index in [9.17, 15) is 9.59 Å². The zero-order chi connectivity index (χ0) is 55.1. The molecule has 2 amide bonds. The van der Waals surface area contributed by atoms with Crippen molar-refractivity contribution in [1.82, 2.24) is 20.6 Å². The van der Waals surface area contributed by atoms with Crippen molar-refractivity contribution in [3.63, 3.8) is 0 Å². The van der Waals surface area contributed by atoms with Gasteiger partial charge in [-0.1, -0.05) is 164 Å². The summed E-state index contributed by atoms with van der Waals surface area (Å²) in [6.07, 6.45) is 7.67. The third-order valence-electron chi connectivity index (χ3n) is 15.6. The van der Waals surface area contributed by atoms with Gasteiger partial charge in [-0.3, -0.25) is 29.5 Å². The van der Waals surface area contributed by atoms with Crippen LogP contribution in [-0.2, 0) is 43.9 Å². The minimum atomic E-state index is -0.659. The summed E-state index contributed by atoms with van der Waals surface area (Å²) >= 11 is 0. The van der Waals surface area contributed by atoms with E-state index in [-0.39, 0.29) is 30.1 Å². The van der Waals surface area contributed by atoms with E-state index in [4.69, 9.17) is 24.5 Å². The molecule has 4 aliphatic heterocycles. The number of nitrogens with one attached hydrogen (secondary N) is 2. The monoisotopic (exact) mass is 1060 g/mol. The van der Waals surface area contributed by atoms with Gasteiger partial charge < -0.3 is 20.1 Å². The molecule has 2 N–H and O–H groups in total. The SMILES string of the molecule is COC(CNC(=O)C1=Nc2cc3c(cc2C1)C(C(c1ccccc1)(c1ccccc1)c1ccccc1)N=C3c1ccncc1)c1ccccc1.COC(CNC(=O)C1=Nc2cc3c(cc2C1)CN=C3c1ccncc1)c1ccccc1. The van der Waals surface area contributed by atoms with Crippen molar-refractivity contribution in [3.05, 3.63) is 297 Å². The molecule has 3 unspecified atom stereocenters. The van der Waals surface area contributed by atoms with Crippen molar-refractivity contribution in [1.29, 1.82) is 0 Å². The van der Waals surface area contributed by atoms with Crippen molar-refractivity contribution >= 4 is 46.0 Å². The summed E-state index contributed by atoms with van der Waals surface area (Å²) in [5, 5.41) is 6.05. The number of pyridine rings is 2. The third kappa shape index (κ3) is 10.5. The lowest BCUT2D eigenvalue weighted by Crippen LogP contribution is -2.35. The molecule has 12 heteroatoms. The Kier molecular flexibility index (Phi) is 15.0. The zero-order valence-electron chi connectivity index (χ0n) is 44.9. The van der Waals surface area contributed by atoms with Crippen LogP contribution in [0.25, 0.3) is 0 Å². The second-order valence-electron chi connectivity index (χ2n) is 20.3. The van der Waals surface area contributed by atoms with Gasteiger partial charge in [-0.05, 0) is 86.5 Å². The van der Waals surface area contributed by atoms with E-state index in [0.717, 1.165) is 89.6 Å². The largest absolute Gasteiger partial charge is 0.375 e. The summed E-state index contributed by atoms with van der Waals surface area (Å²) in [6.45, 7) is 1.39. The van der Waals surface area contributed by atoms with Crippen LogP contribution >= 0.6 is 0 Å². The van der Waals surface area contributed by atoms with Crippen LogP contribution in [0.4, 0.5) is 11.4 Å². The molecule has 0 aliphatic carbocycles. The fraction of sp³-hybridized carbons (Fsp3) is 0.159. The maximum absolute atomic E-state index is 13.6. The number of carbonyl (C=O) groups is 2. The highest BCUT2D eigenvalue weighted by Gasteiger charge is 2.48. The molecule has 398 valence electrons. The van der Waals surface area contributed by atoms with E-state index in [1.54, 1.807) is 39.0 Å². The quantitative estimate of drug-likeness (QED) is 0.0919. The number of benzene rings is 7. The van der Waals surface area contributed by atoms with Crippen molar-refractivity contribution < 1.29 is 19.1 Å². The predicted octanol–water partition coefficient (Wildman–Crippen LogP) is 11.7. The van der Waals surface area contributed by atoms with E-state index >= 15 is 0 Å². The Balaban J connectivity index is 0.000000180. The average Bonchev–Trinajstić information content (AvgIpc) is 4.49. The fourth-order valence-corrected chi connectivity index (χ4v) is 11.6. The molecular weight excluding hydrogens is 1000 g/mol. The number of carbonyl (C=O) groups excluding carboxylic acids is 2. The fourth-order valence-electron chi connectivity index (χ4n) is 11.6. The summed E-state index contributed by atoms with van der Waals surface area (Å²) < 4.78 is 11.2. The van der Waals surface area contributed by atoms with E-state index < -0.39 is 5.41 Å². The lowest BCUT2D eigenvalue weighted by atomic mass is 9.63. The summed E-state index contributed by atoms with van der Waals surface area (Å²) in [5.74, 6) is -0.344. The summed E-state index contributed by atoms with van der Waals surface area (Å²) in [5.41, 5.74) is 17.8. The number of amides is 2. The topological polar surface area (TPSA) is 152 Å². The van der Waals surface area contributed by atoms with Gasteiger partial charge in [0.15, 0.2) is 0 Å². The van der Waals surface area contributed by atoms with Gasteiger partial charge in [0.25, 0.3) is 11.8 Å². The molecule has 0 fully saturated rings. The maximum Gasteiger partial charge on any atom is 0.266 e. The van der Waals surface area contributed by atoms with Gasteiger partial charge in [0.1, 0.15) is 11.4 Å². The Morgan fingerprint density at radius 1 is 0.506 bits per heavy atom. The predicted molar refractivity (Wildman–Crippen MR) is 318 cm³/mol. The van der Waals surface area contributed by atoms with Gasteiger partial charge in [0.2, 0.25) is 0 Å². The van der Waals surface area contributed by atoms with Crippen LogP contribution in [0.1, 0.15) is 90.6 Å². The number of fused-ring (bicyclic) bond motifs is 4. The smallest absolute Gasteiger partial charge is 0.266 e. The van der Waals surface area contributed by atoms with E-state index in [1.165, 1.54) is 5.56 Å². The van der Waals surface area contributed by atoms with E-state index in [0.29, 0.717) is 43.9 Å². The standard InChI is InChI=1S/C44H36N4O2.C25H22N4O2/c1-50-40(30-14-6-2-7-15-30)29-46-43(49)39-27-32-26-37-36(28-38(32)47-39)41(31-22-24-45-25-23-31)48-42(37)44(33-16-8-3-9-17-33,34-18-10-4-11-19-34)35-20-12-5-13-21-35;1-31-23(16-5-3-2-4-6-16)15-28-25(30)22-12-18-11-19-14-27-24(17-7-9-26-10-8-17)20(19)13-21(18)29-22/h2-26,28,40,42H,27,29H2,1H3,(H,46,49);2-11,13,23H,12,14-15H2,1H3,(H,28,30). The second-order valence-corrected chi connectivity index (χ2v) is 20.3. The molecule has 0 spiro atoms. The highest BCUT2D eigenvalue weighted by Crippen LogP contribution is 2.54. The zero-order valence-corrected chi connectivity index (χ0v) is 44.9. The number of methoxy groups -OCH3 is 2. The van der Waals surface area contributed by atoms with Gasteiger partial charge in [-0.25, -0.2) is 9.98 Å². The molecule has 0 saturated heterocycles. The molecule has 6 heterocycles. The van der Waals surface area contributed by atoms with E-state index in [1.807, 2.05) is 84.9 Å². The number of hydrogen-bond acceptors (Lipinski definition) is 10. The summed E-state index contributed by atoms with van der Waals surface area (Å²) in [6, 6.07) is 68.0. The van der Waals surface area contributed by atoms with Crippen molar-refractivity contribution in [3.8, 4) is 0 Å². The number of aliphatic imine (C=N–C) groups is 4. The van der Waals surface area contributed by atoms with Crippen LogP contribution in [0.5, 0.6) is 0 Å². The Morgan fingerprint density at radius 3 is 1.38 bits per heavy atom. The molecule has 0 saturated carbocycles. The third-order valence-corrected chi connectivity index (χ3v) is 15.6. The molecular formula is C69H58N8O4. The molecule has 12 nitrogen and oxygen atoms in total. The first-order valence-corrected chi connectivity index (χ1v) is 27.2. The van der Waals surface area contributed by atoms with Crippen LogP contribution in [0, 0.1) is 0 Å². The van der Waals surface area contributed by atoms with Crippen LogP contribution in [0.15, 0.2) is 245 Å². The molecule has 4 aliphatic rings. The Bertz CT molecular complexity index is 3760. The molecule has 13 rings (SSSR count). The molecule has 9 aromatic rings. The highest BCUT2D eigenvalue weighted by atomic mass is 16.5. The molecule has 0 bridgehead atoms. The molecule has 7 aromatic carbocycles. The molecule has 3 atom stereocenters. The highest BCUT2D eigenvalue weighted by molar-refractivity contribution is 6.41. The van der Waals surface area contributed by atoms with Gasteiger partial charge >= 0.3 is 0 Å². The maximum atomic E-state index is 13.6. The average molecular weight is 1060 g/mol. The van der Waals surface area contributed by atoms with Crippen molar-refractivity contribution in [2.24, 2.45) is 20.0 Å². The number of aromatic nitrogens is 2. The number of nitrogens with zero attached hydrogens (tertiary/aromatic N) is 6. The first-order chi connectivity index (χ1) is 39.9. The minimum Gasteiger partial charge on any atom is -0.375 e.